The summed E-state index contributed by atoms with van der Waals surface area (Å²) in [5.41, 5.74) is 0.0871. The number of aromatic nitrogens is 1. The summed E-state index contributed by atoms with van der Waals surface area (Å²) < 4.78 is 13.2. The second-order valence-corrected chi connectivity index (χ2v) is 3.51. The van der Waals surface area contributed by atoms with Crippen molar-refractivity contribution in [3.05, 3.63) is 48.0 Å². The fourth-order valence-corrected chi connectivity index (χ4v) is 1.34. The van der Waals surface area contributed by atoms with Gasteiger partial charge in [0.05, 0.1) is 11.9 Å². The first-order valence-electron chi connectivity index (χ1n) is 5.01. The number of pyridine rings is 1. The Morgan fingerprint density at radius 2 is 2.00 bits per heavy atom. The molecule has 1 aromatic heterocycles. The predicted octanol–water partition coefficient (Wildman–Crippen LogP) is 1.88. The lowest BCUT2D eigenvalue weighted by atomic mass is 10.2. The van der Waals surface area contributed by atoms with Gasteiger partial charge in [0, 0.05) is 11.8 Å². The van der Waals surface area contributed by atoms with E-state index in [1.807, 2.05) is 0 Å². The first-order chi connectivity index (χ1) is 8.58. The van der Waals surface area contributed by atoms with E-state index in [0.29, 0.717) is 0 Å². The van der Waals surface area contributed by atoms with E-state index in [2.05, 4.69) is 10.3 Å². The fraction of sp³-hybridized carbons (Fsp3) is 0. The van der Waals surface area contributed by atoms with E-state index < -0.39 is 17.5 Å². The Kier molecular flexibility index (Phi) is 3.09. The van der Waals surface area contributed by atoms with Gasteiger partial charge in [0.25, 0.3) is 5.91 Å². The van der Waals surface area contributed by atoms with Crippen LogP contribution in [0.1, 0.15) is 10.4 Å². The maximum absolute atomic E-state index is 13.2. The van der Waals surface area contributed by atoms with Crippen molar-refractivity contribution in [1.29, 1.82) is 0 Å². The number of phenols is 2. The van der Waals surface area contributed by atoms with Crippen molar-refractivity contribution in [1.82, 2.24) is 4.98 Å². The van der Waals surface area contributed by atoms with Crippen LogP contribution in [0, 0.1) is 5.82 Å². The van der Waals surface area contributed by atoms with Crippen molar-refractivity contribution in [2.24, 2.45) is 0 Å². The molecule has 6 heteroatoms. The molecule has 1 amide bonds. The Hall–Kier alpha value is -2.63. The molecule has 0 aliphatic carbocycles. The van der Waals surface area contributed by atoms with Crippen LogP contribution in [-0.4, -0.2) is 21.1 Å². The van der Waals surface area contributed by atoms with Gasteiger partial charge in [-0.3, -0.25) is 9.78 Å². The van der Waals surface area contributed by atoms with Gasteiger partial charge in [-0.05, 0) is 24.3 Å². The number of rotatable bonds is 2. The van der Waals surface area contributed by atoms with Gasteiger partial charge in [0.2, 0.25) is 0 Å². The molecule has 3 N–H and O–H groups in total. The highest BCUT2D eigenvalue weighted by molar-refractivity contribution is 6.04. The van der Waals surface area contributed by atoms with Gasteiger partial charge in [0.1, 0.15) is 0 Å². The minimum absolute atomic E-state index is 0.0115. The van der Waals surface area contributed by atoms with E-state index in [1.54, 1.807) is 0 Å². The van der Waals surface area contributed by atoms with Crippen molar-refractivity contribution in [2.45, 2.75) is 0 Å². The number of carbonyl (C=O) groups is 1. The summed E-state index contributed by atoms with van der Waals surface area (Å²) >= 11 is 0. The average Bonchev–Trinajstić information content (AvgIpc) is 2.35. The number of carbonyl (C=O) groups excluding carboxylic acids is 1. The Morgan fingerprint density at radius 3 is 2.67 bits per heavy atom. The summed E-state index contributed by atoms with van der Waals surface area (Å²) in [7, 11) is 0. The SMILES string of the molecule is O=C(Nc1ccncc1F)c1ccc(O)c(O)c1. The van der Waals surface area contributed by atoms with Crippen LogP contribution in [0.4, 0.5) is 10.1 Å². The monoisotopic (exact) mass is 248 g/mol. The number of benzene rings is 1. The second-order valence-electron chi connectivity index (χ2n) is 3.51. The van der Waals surface area contributed by atoms with Crippen LogP contribution in [0.15, 0.2) is 36.7 Å². The molecule has 0 atom stereocenters. The molecule has 2 aromatic rings. The number of halogens is 1. The number of nitrogens with one attached hydrogen (secondary N) is 1. The molecule has 0 aliphatic heterocycles. The van der Waals surface area contributed by atoms with E-state index in [0.717, 1.165) is 12.3 Å². The number of amides is 1. The maximum Gasteiger partial charge on any atom is 0.255 e. The molecular formula is C12H9FN2O3. The molecule has 1 heterocycles. The Bertz CT molecular complexity index is 602. The summed E-state index contributed by atoms with van der Waals surface area (Å²) in [4.78, 5) is 15.3. The molecule has 0 saturated carbocycles. The lowest BCUT2D eigenvalue weighted by Crippen LogP contribution is -2.12. The van der Waals surface area contributed by atoms with Crippen molar-refractivity contribution in [3.8, 4) is 11.5 Å². The van der Waals surface area contributed by atoms with Crippen molar-refractivity contribution in [3.63, 3.8) is 0 Å². The number of anilines is 1. The minimum atomic E-state index is -0.658. The third-order valence-electron chi connectivity index (χ3n) is 2.26. The van der Waals surface area contributed by atoms with Crippen LogP contribution in [0.3, 0.4) is 0 Å². The topological polar surface area (TPSA) is 82.5 Å². The standard InChI is InChI=1S/C12H9FN2O3/c13-8-6-14-4-3-9(8)15-12(18)7-1-2-10(16)11(17)5-7/h1-6,16-17H,(H,14,15,18). The second kappa shape index (κ2) is 4.70. The molecule has 1 aromatic carbocycles. The minimum Gasteiger partial charge on any atom is -0.504 e. The lowest BCUT2D eigenvalue weighted by molar-refractivity contribution is 0.102. The van der Waals surface area contributed by atoms with Crippen LogP contribution in [0.2, 0.25) is 0 Å². The van der Waals surface area contributed by atoms with Crippen molar-refractivity contribution < 1.29 is 19.4 Å². The molecule has 0 radical (unpaired) electrons. The van der Waals surface area contributed by atoms with E-state index in [9.17, 15) is 14.3 Å². The van der Waals surface area contributed by atoms with Gasteiger partial charge < -0.3 is 15.5 Å². The zero-order valence-corrected chi connectivity index (χ0v) is 9.09. The molecule has 5 nitrogen and oxygen atoms in total. The normalized spacial score (nSPS) is 10.1. The molecule has 92 valence electrons. The van der Waals surface area contributed by atoms with E-state index in [1.165, 1.54) is 24.4 Å². The summed E-state index contributed by atoms with van der Waals surface area (Å²) in [5.74, 6) is -2.01. The Balaban J connectivity index is 2.22. The molecule has 0 spiro atoms. The number of hydrogen-bond acceptors (Lipinski definition) is 4. The molecule has 0 saturated heterocycles. The number of phenolic OH excluding ortho intramolecular Hbond substituents is 2. The van der Waals surface area contributed by atoms with E-state index in [-0.39, 0.29) is 17.0 Å². The highest BCUT2D eigenvalue weighted by atomic mass is 19.1. The smallest absolute Gasteiger partial charge is 0.255 e. The number of aromatic hydroxyl groups is 2. The fourth-order valence-electron chi connectivity index (χ4n) is 1.34. The molecule has 2 rings (SSSR count). The van der Waals surface area contributed by atoms with Gasteiger partial charge in [-0.1, -0.05) is 0 Å². The van der Waals surface area contributed by atoms with E-state index in [4.69, 9.17) is 5.11 Å². The average molecular weight is 248 g/mol. The van der Waals surface area contributed by atoms with Crippen LogP contribution in [0.25, 0.3) is 0 Å². The summed E-state index contributed by atoms with van der Waals surface area (Å²) in [6.07, 6.45) is 2.32. The molecule has 0 aliphatic rings. The van der Waals surface area contributed by atoms with Gasteiger partial charge in [0.15, 0.2) is 17.3 Å². The third kappa shape index (κ3) is 2.37. The largest absolute Gasteiger partial charge is 0.504 e. The maximum atomic E-state index is 13.2. The molecule has 18 heavy (non-hydrogen) atoms. The third-order valence-corrected chi connectivity index (χ3v) is 2.26. The van der Waals surface area contributed by atoms with Gasteiger partial charge >= 0.3 is 0 Å². The lowest BCUT2D eigenvalue weighted by Gasteiger charge is -2.06. The Morgan fingerprint density at radius 1 is 1.22 bits per heavy atom. The first-order valence-corrected chi connectivity index (χ1v) is 5.01. The van der Waals surface area contributed by atoms with Gasteiger partial charge in [-0.15, -0.1) is 0 Å². The highest BCUT2D eigenvalue weighted by Crippen LogP contribution is 2.25. The van der Waals surface area contributed by atoms with Crippen molar-refractivity contribution >= 4 is 11.6 Å². The van der Waals surface area contributed by atoms with Gasteiger partial charge in [-0.2, -0.15) is 0 Å². The summed E-state index contributed by atoms with van der Waals surface area (Å²) in [6.45, 7) is 0. The van der Waals surface area contributed by atoms with Crippen LogP contribution in [0.5, 0.6) is 11.5 Å². The summed E-state index contributed by atoms with van der Waals surface area (Å²) in [6, 6.07) is 4.88. The molecular weight excluding hydrogens is 239 g/mol. The molecule has 0 unspecified atom stereocenters. The number of nitrogens with zero attached hydrogens (tertiary/aromatic N) is 1. The predicted molar refractivity (Wildman–Crippen MR) is 61.9 cm³/mol. The van der Waals surface area contributed by atoms with Crippen molar-refractivity contribution in [2.75, 3.05) is 5.32 Å². The zero-order chi connectivity index (χ0) is 13.1. The quantitative estimate of drug-likeness (QED) is 0.709. The molecule has 0 bridgehead atoms. The van der Waals surface area contributed by atoms with Crippen LogP contribution < -0.4 is 5.32 Å². The van der Waals surface area contributed by atoms with E-state index >= 15 is 0 Å². The number of hydrogen-bond donors (Lipinski definition) is 3. The highest BCUT2D eigenvalue weighted by Gasteiger charge is 2.11. The van der Waals surface area contributed by atoms with Gasteiger partial charge in [-0.25, -0.2) is 4.39 Å². The van der Waals surface area contributed by atoms with Crippen LogP contribution >= 0.6 is 0 Å². The van der Waals surface area contributed by atoms with Crippen LogP contribution in [-0.2, 0) is 0 Å². The zero-order valence-electron chi connectivity index (χ0n) is 9.09. The first kappa shape index (κ1) is 11.8. The molecule has 0 fully saturated rings. The Labute approximate surface area is 102 Å². The summed E-state index contributed by atoms with van der Waals surface area (Å²) in [5, 5.41) is 20.7.